The number of carbonyl (C=O) groups excluding carboxylic acids is 1. The molecule has 0 spiro atoms. The van der Waals surface area contributed by atoms with Gasteiger partial charge in [-0.25, -0.2) is 14.1 Å². The van der Waals surface area contributed by atoms with E-state index in [1.165, 1.54) is 30.2 Å². The van der Waals surface area contributed by atoms with Crippen molar-refractivity contribution in [1.29, 1.82) is 0 Å². The third-order valence-corrected chi connectivity index (χ3v) is 3.60. The molecule has 0 amide bonds. The van der Waals surface area contributed by atoms with Gasteiger partial charge in [-0.05, 0) is 25.1 Å². The van der Waals surface area contributed by atoms with Gasteiger partial charge in [0.15, 0.2) is 5.78 Å². The number of rotatable bonds is 6. The van der Waals surface area contributed by atoms with E-state index in [0.717, 1.165) is 4.90 Å². The highest BCUT2D eigenvalue weighted by Gasteiger charge is 2.10. The summed E-state index contributed by atoms with van der Waals surface area (Å²) in [6.45, 7) is 2.64. The van der Waals surface area contributed by atoms with Gasteiger partial charge in [-0.3, -0.25) is 4.79 Å². The molecule has 1 aromatic carbocycles. The molecule has 0 aliphatic heterocycles. The topological polar surface area (TPSA) is 47.8 Å². The predicted octanol–water partition coefficient (Wildman–Crippen LogP) is 2.34. The third-order valence-electron chi connectivity index (χ3n) is 2.55. The largest absolute Gasteiger partial charge is 0.298 e. The van der Waals surface area contributed by atoms with Gasteiger partial charge in [-0.1, -0.05) is 6.07 Å². The van der Waals surface area contributed by atoms with Crippen LogP contribution in [0.25, 0.3) is 0 Å². The molecule has 1 heterocycles. The molecule has 0 N–H and O–H groups in total. The maximum atomic E-state index is 13.0. The number of aromatic nitrogens is 3. The molecule has 0 radical (unpaired) electrons. The van der Waals surface area contributed by atoms with E-state index in [0.29, 0.717) is 18.1 Å². The Labute approximate surface area is 115 Å². The highest BCUT2D eigenvalue weighted by atomic mass is 32.2. The summed E-state index contributed by atoms with van der Waals surface area (Å²) in [5.41, 5.74) is 0. The zero-order chi connectivity index (χ0) is 13.7. The molecule has 2 aromatic rings. The van der Waals surface area contributed by atoms with Crippen molar-refractivity contribution in [3.05, 3.63) is 42.2 Å². The Bertz CT molecular complexity index is 571. The Balaban J connectivity index is 1.88. The van der Waals surface area contributed by atoms with Gasteiger partial charge in [0, 0.05) is 11.4 Å². The zero-order valence-corrected chi connectivity index (χ0v) is 11.4. The fourth-order valence-corrected chi connectivity index (χ4v) is 2.44. The number of benzene rings is 1. The van der Waals surface area contributed by atoms with E-state index in [-0.39, 0.29) is 18.0 Å². The van der Waals surface area contributed by atoms with Crippen LogP contribution in [0, 0.1) is 5.82 Å². The van der Waals surface area contributed by atoms with Crippen molar-refractivity contribution < 1.29 is 9.18 Å². The minimum Gasteiger partial charge on any atom is -0.298 e. The summed E-state index contributed by atoms with van der Waals surface area (Å²) in [7, 11) is 0. The first-order chi connectivity index (χ1) is 9.19. The van der Waals surface area contributed by atoms with Gasteiger partial charge >= 0.3 is 0 Å². The highest BCUT2D eigenvalue weighted by Crippen LogP contribution is 2.18. The molecule has 0 unspecified atom stereocenters. The summed E-state index contributed by atoms with van der Waals surface area (Å²) in [4.78, 5) is 16.7. The van der Waals surface area contributed by atoms with Crippen molar-refractivity contribution in [3.8, 4) is 0 Å². The Hall–Kier alpha value is -1.69. The summed E-state index contributed by atoms with van der Waals surface area (Å²) in [5, 5.41) is 4.01. The number of Topliss-reactive ketones (excluding diaryl/α,β-unsaturated/α-hetero) is 1. The van der Waals surface area contributed by atoms with Gasteiger partial charge in [0.05, 0.1) is 12.2 Å². The van der Waals surface area contributed by atoms with Crippen LogP contribution in [-0.2, 0) is 17.8 Å². The lowest BCUT2D eigenvalue weighted by Crippen LogP contribution is -2.12. The van der Waals surface area contributed by atoms with Crippen molar-refractivity contribution in [1.82, 2.24) is 14.8 Å². The van der Waals surface area contributed by atoms with Crippen LogP contribution in [0.15, 0.2) is 35.5 Å². The van der Waals surface area contributed by atoms with Crippen LogP contribution in [-0.4, -0.2) is 26.3 Å². The molecule has 0 saturated heterocycles. The van der Waals surface area contributed by atoms with Crippen LogP contribution in [0.3, 0.4) is 0 Å². The molecule has 19 heavy (non-hydrogen) atoms. The number of nitrogens with zero attached hydrogens (tertiary/aromatic N) is 3. The fourth-order valence-electron chi connectivity index (χ4n) is 1.64. The maximum Gasteiger partial charge on any atom is 0.150 e. The van der Waals surface area contributed by atoms with Crippen molar-refractivity contribution >= 4 is 17.5 Å². The second-order valence-electron chi connectivity index (χ2n) is 3.95. The van der Waals surface area contributed by atoms with E-state index in [1.54, 1.807) is 16.8 Å². The molecule has 0 aliphatic carbocycles. The maximum absolute atomic E-state index is 13.0. The Kier molecular flexibility index (Phi) is 4.68. The molecule has 6 heteroatoms. The molecule has 100 valence electrons. The standard InChI is InChI=1S/C13H14FN3OS/c1-2-17-13(15-9-16-17)7-11(18)8-19-12-5-3-4-10(14)6-12/h3-6,9H,2,7-8H2,1H3. The van der Waals surface area contributed by atoms with Gasteiger partial charge in [-0.15, -0.1) is 11.8 Å². The first-order valence-corrected chi connectivity index (χ1v) is 6.94. The summed E-state index contributed by atoms with van der Waals surface area (Å²) in [5.74, 6) is 0.743. The average Bonchev–Trinajstić information content (AvgIpc) is 2.84. The van der Waals surface area contributed by atoms with Gasteiger partial charge in [-0.2, -0.15) is 5.10 Å². The first-order valence-electron chi connectivity index (χ1n) is 5.95. The Morgan fingerprint density at radius 2 is 2.32 bits per heavy atom. The molecular weight excluding hydrogens is 265 g/mol. The van der Waals surface area contributed by atoms with Crippen LogP contribution < -0.4 is 0 Å². The van der Waals surface area contributed by atoms with E-state index >= 15 is 0 Å². The third kappa shape index (κ3) is 3.89. The highest BCUT2D eigenvalue weighted by molar-refractivity contribution is 8.00. The van der Waals surface area contributed by atoms with Crippen LogP contribution in [0.2, 0.25) is 0 Å². The lowest BCUT2D eigenvalue weighted by molar-refractivity contribution is -0.116. The molecule has 1 aromatic heterocycles. The second-order valence-corrected chi connectivity index (χ2v) is 5.00. The van der Waals surface area contributed by atoms with Crippen LogP contribution in [0.5, 0.6) is 0 Å². The molecule has 0 bridgehead atoms. The van der Waals surface area contributed by atoms with Crippen molar-refractivity contribution in [3.63, 3.8) is 0 Å². The van der Waals surface area contributed by atoms with E-state index in [9.17, 15) is 9.18 Å². The average molecular weight is 279 g/mol. The molecule has 0 aliphatic rings. The smallest absolute Gasteiger partial charge is 0.150 e. The summed E-state index contributed by atoms with van der Waals surface area (Å²) in [6, 6.07) is 6.23. The summed E-state index contributed by atoms with van der Waals surface area (Å²) in [6.07, 6.45) is 1.71. The minimum absolute atomic E-state index is 0.0527. The predicted molar refractivity (Wildman–Crippen MR) is 71.5 cm³/mol. The Morgan fingerprint density at radius 3 is 3.05 bits per heavy atom. The van der Waals surface area contributed by atoms with Crippen molar-refractivity contribution in [2.75, 3.05) is 5.75 Å². The fraction of sp³-hybridized carbons (Fsp3) is 0.308. The number of hydrogen-bond acceptors (Lipinski definition) is 4. The molecule has 2 rings (SSSR count). The minimum atomic E-state index is -0.289. The van der Waals surface area contributed by atoms with Crippen LogP contribution in [0.1, 0.15) is 12.7 Å². The Morgan fingerprint density at radius 1 is 1.47 bits per heavy atom. The lowest BCUT2D eigenvalue weighted by Gasteiger charge is -2.03. The number of aryl methyl sites for hydroxylation is 1. The summed E-state index contributed by atoms with van der Waals surface area (Å²) >= 11 is 1.33. The lowest BCUT2D eigenvalue weighted by atomic mass is 10.3. The molecule has 4 nitrogen and oxygen atoms in total. The van der Waals surface area contributed by atoms with E-state index in [1.807, 2.05) is 6.92 Å². The molecule has 0 saturated carbocycles. The molecular formula is C13H14FN3OS. The van der Waals surface area contributed by atoms with Gasteiger partial charge in [0.1, 0.15) is 18.0 Å². The van der Waals surface area contributed by atoms with E-state index in [2.05, 4.69) is 10.1 Å². The zero-order valence-electron chi connectivity index (χ0n) is 10.5. The van der Waals surface area contributed by atoms with E-state index in [4.69, 9.17) is 0 Å². The summed E-state index contributed by atoms with van der Waals surface area (Å²) < 4.78 is 14.7. The second kappa shape index (κ2) is 6.47. The van der Waals surface area contributed by atoms with E-state index < -0.39 is 0 Å². The number of hydrogen-bond donors (Lipinski definition) is 0. The molecule has 0 atom stereocenters. The molecule has 0 fully saturated rings. The quantitative estimate of drug-likeness (QED) is 0.762. The first kappa shape index (κ1) is 13.7. The van der Waals surface area contributed by atoms with Gasteiger partial charge in [0.2, 0.25) is 0 Å². The van der Waals surface area contributed by atoms with Gasteiger partial charge in [0.25, 0.3) is 0 Å². The van der Waals surface area contributed by atoms with Crippen LogP contribution >= 0.6 is 11.8 Å². The normalized spacial score (nSPS) is 10.6. The number of carbonyl (C=O) groups is 1. The number of halogens is 1. The SMILES string of the molecule is CCn1ncnc1CC(=O)CSc1cccc(F)c1. The van der Waals surface area contributed by atoms with Gasteiger partial charge < -0.3 is 0 Å². The van der Waals surface area contributed by atoms with Crippen molar-refractivity contribution in [2.24, 2.45) is 0 Å². The van der Waals surface area contributed by atoms with Crippen molar-refractivity contribution in [2.45, 2.75) is 24.8 Å². The monoisotopic (exact) mass is 279 g/mol. The van der Waals surface area contributed by atoms with Crippen LogP contribution in [0.4, 0.5) is 4.39 Å². The number of ketones is 1. The number of thioether (sulfide) groups is 1.